The summed E-state index contributed by atoms with van der Waals surface area (Å²) in [7, 11) is 0. The molecule has 0 aliphatic heterocycles. The second kappa shape index (κ2) is 9.42. The van der Waals surface area contributed by atoms with Gasteiger partial charge in [0.25, 0.3) is 0 Å². The standard InChI is InChI=1S/C4H10O.Y/c1-2-3-4-5;/h5H,2-4H2,1H3;. The fourth-order valence-electron chi connectivity index (χ4n) is 0.158. The summed E-state index contributed by atoms with van der Waals surface area (Å²) >= 11 is 0. The minimum absolute atomic E-state index is 0. The Labute approximate surface area is 64.0 Å². The molecule has 0 aliphatic carbocycles. The molecule has 6 heavy (non-hydrogen) atoms. The smallest absolute Gasteiger partial charge is 0.0430 e. The Morgan fingerprint density at radius 1 is 1.50 bits per heavy atom. The van der Waals surface area contributed by atoms with Crippen molar-refractivity contribution >= 4 is 0 Å². The summed E-state index contributed by atoms with van der Waals surface area (Å²) in [5.74, 6) is 0. The van der Waals surface area contributed by atoms with Gasteiger partial charge in [-0.2, -0.15) is 0 Å². The molecule has 0 amide bonds. The second-order valence-electron chi connectivity index (χ2n) is 1.08. The summed E-state index contributed by atoms with van der Waals surface area (Å²) in [5, 5.41) is 8.07. The molecular formula is C4H10OY. The van der Waals surface area contributed by atoms with Crippen molar-refractivity contribution in [3.63, 3.8) is 0 Å². The fraction of sp³-hybridized carbons (Fsp3) is 1.00. The number of unbranched alkanes of at least 4 members (excludes halogenated alkanes) is 1. The number of rotatable bonds is 2. The molecule has 0 aromatic heterocycles. The van der Waals surface area contributed by atoms with Crippen LogP contribution in [0.1, 0.15) is 19.8 Å². The van der Waals surface area contributed by atoms with E-state index in [1.807, 2.05) is 0 Å². The number of hydrogen-bond donors (Lipinski definition) is 1. The number of aliphatic hydroxyl groups excluding tert-OH is 1. The molecule has 0 rings (SSSR count). The van der Waals surface area contributed by atoms with E-state index in [-0.39, 0.29) is 32.7 Å². The predicted octanol–water partition coefficient (Wildman–Crippen LogP) is 0.776. The first-order chi connectivity index (χ1) is 2.41. The Hall–Kier alpha value is 1.06. The first-order valence-electron chi connectivity index (χ1n) is 2.02. The van der Waals surface area contributed by atoms with E-state index in [1.54, 1.807) is 0 Å². The van der Waals surface area contributed by atoms with E-state index in [1.165, 1.54) is 0 Å². The number of aliphatic hydroxyl groups is 1. The van der Waals surface area contributed by atoms with Crippen molar-refractivity contribution in [1.82, 2.24) is 0 Å². The van der Waals surface area contributed by atoms with Crippen LogP contribution < -0.4 is 0 Å². The van der Waals surface area contributed by atoms with E-state index < -0.39 is 0 Å². The van der Waals surface area contributed by atoms with Crippen LogP contribution >= 0.6 is 0 Å². The maximum absolute atomic E-state index is 8.07. The SMILES string of the molecule is CCCCO.[Y]. The van der Waals surface area contributed by atoms with Gasteiger partial charge in [-0.3, -0.25) is 0 Å². The van der Waals surface area contributed by atoms with Crippen LogP contribution in [0.4, 0.5) is 0 Å². The van der Waals surface area contributed by atoms with Crippen LogP contribution in [0.3, 0.4) is 0 Å². The van der Waals surface area contributed by atoms with Gasteiger partial charge in [-0.05, 0) is 6.42 Å². The van der Waals surface area contributed by atoms with Gasteiger partial charge in [0.05, 0.1) is 0 Å². The minimum Gasteiger partial charge on any atom is -0.396 e. The van der Waals surface area contributed by atoms with E-state index in [9.17, 15) is 0 Å². The molecule has 0 aromatic rings. The van der Waals surface area contributed by atoms with Crippen LogP contribution in [0.25, 0.3) is 0 Å². The predicted molar refractivity (Wildman–Crippen MR) is 22.0 cm³/mol. The molecule has 0 spiro atoms. The van der Waals surface area contributed by atoms with Gasteiger partial charge in [0, 0.05) is 39.3 Å². The molecule has 0 fully saturated rings. The van der Waals surface area contributed by atoms with Crippen LogP contribution in [-0.4, -0.2) is 11.7 Å². The van der Waals surface area contributed by atoms with Gasteiger partial charge in [-0.1, -0.05) is 13.3 Å². The molecule has 0 atom stereocenters. The van der Waals surface area contributed by atoms with Crippen LogP contribution in [-0.2, 0) is 32.7 Å². The maximum Gasteiger partial charge on any atom is 0.0430 e. The molecule has 0 aliphatic rings. The van der Waals surface area contributed by atoms with E-state index in [0.717, 1.165) is 12.8 Å². The van der Waals surface area contributed by atoms with E-state index in [0.29, 0.717) is 6.61 Å². The Balaban J connectivity index is 0. The Kier molecular flexibility index (Phi) is 15.9. The molecular weight excluding hydrogens is 153 g/mol. The monoisotopic (exact) mass is 163 g/mol. The summed E-state index contributed by atoms with van der Waals surface area (Å²) in [6, 6.07) is 0. The molecule has 2 heteroatoms. The average molecular weight is 163 g/mol. The molecule has 1 nitrogen and oxygen atoms in total. The zero-order valence-corrected chi connectivity index (χ0v) is 6.98. The Morgan fingerprint density at radius 3 is 2.00 bits per heavy atom. The normalized spacial score (nSPS) is 7.00. The maximum atomic E-state index is 8.07. The van der Waals surface area contributed by atoms with Gasteiger partial charge in [-0.25, -0.2) is 0 Å². The van der Waals surface area contributed by atoms with Crippen LogP contribution in [0, 0.1) is 0 Å². The molecule has 1 N–H and O–H groups in total. The van der Waals surface area contributed by atoms with Crippen LogP contribution in [0.15, 0.2) is 0 Å². The molecule has 0 unspecified atom stereocenters. The molecule has 0 aromatic carbocycles. The summed E-state index contributed by atoms with van der Waals surface area (Å²) in [5.41, 5.74) is 0. The van der Waals surface area contributed by atoms with Crippen molar-refractivity contribution in [2.24, 2.45) is 0 Å². The molecule has 0 saturated carbocycles. The van der Waals surface area contributed by atoms with Crippen molar-refractivity contribution in [2.75, 3.05) is 6.61 Å². The van der Waals surface area contributed by atoms with Crippen molar-refractivity contribution in [3.8, 4) is 0 Å². The van der Waals surface area contributed by atoms with Crippen molar-refractivity contribution in [3.05, 3.63) is 0 Å². The van der Waals surface area contributed by atoms with Crippen LogP contribution in [0.5, 0.6) is 0 Å². The van der Waals surface area contributed by atoms with E-state index in [4.69, 9.17) is 5.11 Å². The van der Waals surface area contributed by atoms with Crippen molar-refractivity contribution in [2.45, 2.75) is 19.8 Å². The molecule has 0 saturated heterocycles. The largest absolute Gasteiger partial charge is 0.396 e. The van der Waals surface area contributed by atoms with Gasteiger partial charge in [-0.15, -0.1) is 0 Å². The van der Waals surface area contributed by atoms with Gasteiger partial charge < -0.3 is 5.11 Å². The summed E-state index contributed by atoms with van der Waals surface area (Å²) in [6.45, 7) is 2.40. The zero-order chi connectivity index (χ0) is 4.12. The Morgan fingerprint density at radius 2 is 2.00 bits per heavy atom. The first-order valence-corrected chi connectivity index (χ1v) is 2.02. The summed E-state index contributed by atoms with van der Waals surface area (Å²) < 4.78 is 0. The quantitative estimate of drug-likeness (QED) is 0.637. The van der Waals surface area contributed by atoms with Gasteiger partial charge in [0.15, 0.2) is 0 Å². The van der Waals surface area contributed by atoms with Gasteiger partial charge >= 0.3 is 0 Å². The van der Waals surface area contributed by atoms with E-state index >= 15 is 0 Å². The molecule has 0 heterocycles. The molecule has 35 valence electrons. The van der Waals surface area contributed by atoms with Gasteiger partial charge in [0.2, 0.25) is 0 Å². The Bertz CT molecular complexity index is 15.0. The summed E-state index contributed by atoms with van der Waals surface area (Å²) in [4.78, 5) is 0. The van der Waals surface area contributed by atoms with Crippen LogP contribution in [0.2, 0.25) is 0 Å². The second-order valence-corrected chi connectivity index (χ2v) is 1.08. The zero-order valence-electron chi connectivity index (χ0n) is 4.15. The fourth-order valence-corrected chi connectivity index (χ4v) is 0.158. The topological polar surface area (TPSA) is 20.2 Å². The van der Waals surface area contributed by atoms with Crippen molar-refractivity contribution in [1.29, 1.82) is 0 Å². The molecule has 1 radical (unpaired) electrons. The average Bonchev–Trinajstić information content (AvgIpc) is 1.41. The minimum atomic E-state index is 0. The third kappa shape index (κ3) is 8.91. The van der Waals surface area contributed by atoms with E-state index in [2.05, 4.69) is 6.92 Å². The third-order valence-electron chi connectivity index (χ3n) is 0.512. The number of hydrogen-bond acceptors (Lipinski definition) is 1. The van der Waals surface area contributed by atoms with Crippen molar-refractivity contribution < 1.29 is 37.8 Å². The third-order valence-corrected chi connectivity index (χ3v) is 0.512. The molecule has 0 bridgehead atoms. The van der Waals surface area contributed by atoms with Gasteiger partial charge in [0.1, 0.15) is 0 Å². The summed E-state index contributed by atoms with van der Waals surface area (Å²) in [6.07, 6.45) is 2.04. The first kappa shape index (κ1) is 10.1.